The molecule has 0 spiro atoms. The second-order valence-electron chi connectivity index (χ2n) is 3.90. The highest BCUT2D eigenvalue weighted by molar-refractivity contribution is 8.51. The van der Waals surface area contributed by atoms with Crippen molar-refractivity contribution in [1.29, 1.82) is 0 Å². The van der Waals surface area contributed by atoms with Crippen LogP contribution in [-0.2, 0) is 4.79 Å². The first-order valence-electron chi connectivity index (χ1n) is 6.12. The third-order valence-electron chi connectivity index (χ3n) is 2.27. The first-order chi connectivity index (χ1) is 10.0. The van der Waals surface area contributed by atoms with Gasteiger partial charge in [-0.15, -0.1) is 11.7 Å². The highest BCUT2D eigenvalue weighted by Gasteiger charge is 2.57. The van der Waals surface area contributed by atoms with E-state index >= 15 is 0 Å². The number of carbonyl (C=O) groups is 1. The number of nitrogens with zero attached hydrogens (tertiary/aromatic N) is 1. The predicted octanol–water partition coefficient (Wildman–Crippen LogP) is 5.51. The molecule has 2 heterocycles. The van der Waals surface area contributed by atoms with Gasteiger partial charge >= 0.3 is 0 Å². The van der Waals surface area contributed by atoms with Crippen molar-refractivity contribution in [2.45, 2.75) is 26.7 Å². The Labute approximate surface area is 124 Å². The summed E-state index contributed by atoms with van der Waals surface area (Å²) in [5.74, 6) is -2.08. The van der Waals surface area contributed by atoms with E-state index in [1.54, 1.807) is 4.99 Å². The molecule has 1 aromatic heterocycles. The van der Waals surface area contributed by atoms with Crippen molar-refractivity contribution in [3.8, 4) is 0 Å². The molecule has 0 unspecified atom stereocenters. The fourth-order valence-corrected chi connectivity index (χ4v) is 1.73. The van der Waals surface area contributed by atoms with E-state index < -0.39 is 26.7 Å². The van der Waals surface area contributed by atoms with Crippen LogP contribution in [0.4, 0.5) is 24.8 Å². The maximum Gasteiger partial charge on any atom is 0.295 e. The molecule has 1 aliphatic heterocycles. The van der Waals surface area contributed by atoms with Gasteiger partial charge in [0.15, 0.2) is 10.3 Å². The Hall–Kier alpha value is -1.71. The van der Waals surface area contributed by atoms with E-state index in [0.29, 0.717) is 18.6 Å². The maximum atomic E-state index is 12.0. The Morgan fingerprint density at radius 1 is 1.09 bits per heavy atom. The number of rotatable bonds is 2. The number of H-pyrrole nitrogens is 1. The largest absolute Gasteiger partial charge is 0.368 e. The van der Waals surface area contributed by atoms with Gasteiger partial charge in [-0.1, -0.05) is 13.8 Å². The van der Waals surface area contributed by atoms with Crippen LogP contribution >= 0.6 is 10.3 Å². The van der Waals surface area contributed by atoms with Crippen LogP contribution in [0.1, 0.15) is 26.7 Å². The van der Waals surface area contributed by atoms with E-state index in [0.717, 1.165) is 0 Å². The molecule has 10 heteroatoms. The minimum absolute atomic E-state index is 0.343. The number of hydrogen-bond donors (Lipinski definition) is 2. The van der Waals surface area contributed by atoms with E-state index in [1.807, 2.05) is 38.4 Å². The second-order valence-corrected chi connectivity index (χ2v) is 6.29. The average Bonchev–Trinajstić information content (AvgIpc) is 3.08. The van der Waals surface area contributed by atoms with Gasteiger partial charge in [-0.3, -0.25) is 4.79 Å². The van der Waals surface area contributed by atoms with Crippen LogP contribution in [-0.4, -0.2) is 16.1 Å². The molecular formula is C12H16F6N2OS. The molecular weight excluding hydrogens is 334 g/mol. The quantitative estimate of drug-likeness (QED) is 0.412. The summed E-state index contributed by atoms with van der Waals surface area (Å²) in [5.41, 5.74) is 0. The average molecular weight is 350 g/mol. The van der Waals surface area contributed by atoms with E-state index in [4.69, 9.17) is 0 Å². The first-order valence-corrected chi connectivity index (χ1v) is 8.03. The third-order valence-corrected chi connectivity index (χ3v) is 3.80. The van der Waals surface area contributed by atoms with Gasteiger partial charge in [-0.25, -0.2) is 0 Å². The molecule has 1 aromatic rings. The molecule has 0 aliphatic carbocycles. The number of nitrogens with one attached hydrogen (secondary N) is 1. The Balaban J connectivity index is 0.000000337. The lowest BCUT2D eigenvalue weighted by Crippen LogP contribution is -2.03. The number of halogens is 6. The topological polar surface area (TPSA) is 45.2 Å². The molecule has 128 valence electrons. The zero-order valence-electron chi connectivity index (χ0n) is 11.8. The number of aromatic amines is 1. The fourth-order valence-electron chi connectivity index (χ4n) is 0.968. The van der Waals surface area contributed by atoms with Crippen molar-refractivity contribution in [3.63, 3.8) is 0 Å². The number of hydrogen-bond acceptors (Lipinski definition) is 2. The zero-order valence-corrected chi connectivity index (χ0v) is 12.7. The summed E-state index contributed by atoms with van der Waals surface area (Å²) in [6.07, 6.45) is 5.13. The zero-order chi connectivity index (χ0) is 17.4. The Morgan fingerprint density at radius 3 is 1.64 bits per heavy atom. The van der Waals surface area contributed by atoms with Crippen LogP contribution in [0.5, 0.6) is 0 Å². The van der Waals surface area contributed by atoms with Crippen molar-refractivity contribution in [2.24, 2.45) is 4.99 Å². The summed E-state index contributed by atoms with van der Waals surface area (Å²) in [4.78, 5) is 14.8. The van der Waals surface area contributed by atoms with Gasteiger partial charge in [0.25, 0.3) is 16.4 Å². The first kappa shape index (κ1) is 20.3. The maximum absolute atomic E-state index is 12.0. The number of aliphatic imine (C=N–C) groups is 1. The molecule has 0 atom stereocenters. The Kier molecular flexibility index (Phi) is 7.44. The predicted molar refractivity (Wildman–Crippen MR) is 76.5 cm³/mol. The monoisotopic (exact) mass is 350 g/mol. The smallest absolute Gasteiger partial charge is 0.295 e. The van der Waals surface area contributed by atoms with Crippen LogP contribution in [0, 0.1) is 0 Å². The molecule has 0 saturated heterocycles. The molecule has 2 rings (SSSR count). The normalized spacial score (nSPS) is 19.6. The molecule has 0 amide bonds. The lowest BCUT2D eigenvalue weighted by atomic mass is 10.3. The molecule has 0 saturated carbocycles. The summed E-state index contributed by atoms with van der Waals surface area (Å²) in [6, 6.07) is 3.89. The van der Waals surface area contributed by atoms with E-state index in [9.17, 15) is 29.6 Å². The summed E-state index contributed by atoms with van der Waals surface area (Å²) < 4.78 is 71.1. The Bertz CT molecular complexity index is 524. The van der Waals surface area contributed by atoms with Gasteiger partial charge in [-0.05, 0) is 12.1 Å². The molecule has 1 N–H and O–H groups in total. The summed E-state index contributed by atoms with van der Waals surface area (Å²) in [5, 5.41) is -5.92. The SMILES string of the molecule is CCC(=O)CC.FC1=NC(F)=C(F)[SH]1(F)(F)F.c1cc[nH]c1. The summed E-state index contributed by atoms with van der Waals surface area (Å²) in [6.45, 7) is 3.76. The number of ketones is 1. The number of thiol groups is 1. The van der Waals surface area contributed by atoms with Gasteiger partial charge in [0.2, 0.25) is 0 Å². The lowest BCUT2D eigenvalue weighted by molar-refractivity contribution is -0.118. The lowest BCUT2D eigenvalue weighted by Gasteiger charge is -2.28. The fraction of sp³-hybridized carbons (Fsp3) is 0.333. The van der Waals surface area contributed by atoms with E-state index in [2.05, 4.69) is 4.98 Å². The van der Waals surface area contributed by atoms with Crippen molar-refractivity contribution < 1.29 is 29.6 Å². The summed E-state index contributed by atoms with van der Waals surface area (Å²) in [7, 11) is -7.85. The highest BCUT2D eigenvalue weighted by Crippen LogP contribution is 2.84. The van der Waals surface area contributed by atoms with Gasteiger partial charge in [0.1, 0.15) is 5.78 Å². The number of aromatic nitrogens is 1. The molecule has 1 aliphatic rings. The second kappa shape index (κ2) is 8.06. The van der Waals surface area contributed by atoms with Crippen LogP contribution in [0.15, 0.2) is 40.6 Å². The third kappa shape index (κ3) is 5.58. The molecule has 3 nitrogen and oxygen atoms in total. The number of Topliss-reactive ketones (excluding diaryl/α,β-unsaturated/α-hetero) is 1. The van der Waals surface area contributed by atoms with Crippen molar-refractivity contribution >= 4 is 21.4 Å². The summed E-state index contributed by atoms with van der Waals surface area (Å²) >= 11 is 0. The van der Waals surface area contributed by atoms with Gasteiger partial charge in [-0.2, -0.15) is 18.2 Å². The minimum Gasteiger partial charge on any atom is -0.368 e. The Morgan fingerprint density at radius 2 is 1.55 bits per heavy atom. The van der Waals surface area contributed by atoms with Crippen LogP contribution in [0.2, 0.25) is 0 Å². The molecule has 0 radical (unpaired) electrons. The van der Waals surface area contributed by atoms with Crippen molar-refractivity contribution in [2.75, 3.05) is 0 Å². The van der Waals surface area contributed by atoms with Crippen molar-refractivity contribution in [1.82, 2.24) is 4.98 Å². The molecule has 0 fully saturated rings. The van der Waals surface area contributed by atoms with Crippen LogP contribution < -0.4 is 0 Å². The van der Waals surface area contributed by atoms with Gasteiger partial charge < -0.3 is 4.98 Å². The van der Waals surface area contributed by atoms with Gasteiger partial charge in [0, 0.05) is 25.2 Å². The van der Waals surface area contributed by atoms with Gasteiger partial charge in [0.05, 0.1) is 0 Å². The van der Waals surface area contributed by atoms with Crippen LogP contribution in [0.25, 0.3) is 0 Å². The minimum atomic E-state index is -7.85. The van der Waals surface area contributed by atoms with Crippen molar-refractivity contribution in [3.05, 3.63) is 35.6 Å². The van der Waals surface area contributed by atoms with E-state index in [1.165, 1.54) is 0 Å². The van der Waals surface area contributed by atoms with Crippen LogP contribution in [0.3, 0.4) is 0 Å². The highest BCUT2D eigenvalue weighted by atomic mass is 32.4. The standard InChI is InChI=1S/C5H10O.C4H5N.C3HF6NS/c1-3-5(6)4-2;1-2-4-5-3-1;4-1-2(5)11(7,8,9)3(6)10-1/h3-4H2,1-2H3;1-5H;11H. The molecule has 0 aromatic carbocycles. The number of carbonyl (C=O) groups excluding carboxylic acids is 1. The van der Waals surface area contributed by atoms with E-state index in [-0.39, 0.29) is 0 Å². The molecule has 0 bridgehead atoms. The molecule has 22 heavy (non-hydrogen) atoms.